The summed E-state index contributed by atoms with van der Waals surface area (Å²) in [7, 11) is 0. The van der Waals surface area contributed by atoms with Crippen LogP contribution in [0.3, 0.4) is 0 Å². The maximum atomic E-state index is 4.93. The molecule has 4 rings (SSSR count). The molecule has 2 aromatic rings. The van der Waals surface area contributed by atoms with Gasteiger partial charge in [0.15, 0.2) is 0 Å². The zero-order valence-electron chi connectivity index (χ0n) is 15.9. The highest BCUT2D eigenvalue weighted by Gasteiger charge is 2.22. The molecule has 0 bridgehead atoms. The van der Waals surface area contributed by atoms with Crippen LogP contribution in [0.15, 0.2) is 17.6 Å². The Hall–Kier alpha value is -1.50. The molecule has 0 aromatic carbocycles. The molecule has 1 fully saturated rings. The third-order valence-electron chi connectivity index (χ3n) is 5.53. The van der Waals surface area contributed by atoms with Crippen molar-refractivity contribution in [1.29, 1.82) is 0 Å². The van der Waals surface area contributed by atoms with E-state index < -0.39 is 0 Å². The van der Waals surface area contributed by atoms with E-state index in [0.717, 1.165) is 58.2 Å². The van der Waals surface area contributed by atoms with E-state index in [2.05, 4.69) is 46.2 Å². The summed E-state index contributed by atoms with van der Waals surface area (Å²) in [5, 5.41) is 2.19. The van der Waals surface area contributed by atoms with Gasteiger partial charge in [0.25, 0.3) is 0 Å². The van der Waals surface area contributed by atoms with Crippen molar-refractivity contribution < 1.29 is 0 Å². The van der Waals surface area contributed by atoms with E-state index in [-0.39, 0.29) is 0 Å². The van der Waals surface area contributed by atoms with Crippen LogP contribution in [-0.2, 0) is 19.5 Å². The summed E-state index contributed by atoms with van der Waals surface area (Å²) in [4.78, 5) is 18.5. The first kappa shape index (κ1) is 17.9. The molecule has 0 unspecified atom stereocenters. The van der Waals surface area contributed by atoms with Gasteiger partial charge in [-0.25, -0.2) is 9.97 Å². The average molecular weight is 372 g/mol. The largest absolute Gasteiger partial charge is 0.338 e. The summed E-state index contributed by atoms with van der Waals surface area (Å²) in [6, 6.07) is 2.22. The zero-order chi connectivity index (χ0) is 17.9. The molecule has 0 spiro atoms. The fourth-order valence-corrected chi connectivity index (χ4v) is 4.86. The van der Waals surface area contributed by atoms with Gasteiger partial charge in [0, 0.05) is 68.9 Å². The predicted octanol–water partition coefficient (Wildman–Crippen LogP) is 2.94. The number of anilines is 1. The molecule has 2 aromatic heterocycles. The molecular formula is C20H29N5S. The summed E-state index contributed by atoms with van der Waals surface area (Å²) in [6.07, 6.45) is 4.34. The Morgan fingerprint density at radius 3 is 2.69 bits per heavy atom. The SMILES string of the molecule is CCCN1CCN(c2ncc3c(n2)CCN(Cc2sccc2C)C3)CC1. The minimum atomic E-state index is 0.933. The fourth-order valence-electron chi connectivity index (χ4n) is 3.91. The molecule has 140 valence electrons. The second-order valence-corrected chi connectivity index (χ2v) is 8.46. The van der Waals surface area contributed by atoms with Gasteiger partial charge in [-0.05, 0) is 36.9 Å². The van der Waals surface area contributed by atoms with Crippen molar-refractivity contribution in [3.63, 3.8) is 0 Å². The first-order chi connectivity index (χ1) is 12.7. The molecule has 0 amide bonds. The Labute approximate surface area is 160 Å². The van der Waals surface area contributed by atoms with Gasteiger partial charge in [0.2, 0.25) is 5.95 Å². The number of hydrogen-bond donors (Lipinski definition) is 0. The van der Waals surface area contributed by atoms with E-state index in [1.807, 2.05) is 11.3 Å². The van der Waals surface area contributed by atoms with E-state index >= 15 is 0 Å². The van der Waals surface area contributed by atoms with Crippen LogP contribution in [0, 0.1) is 6.92 Å². The van der Waals surface area contributed by atoms with Crippen molar-refractivity contribution in [3.8, 4) is 0 Å². The lowest BCUT2D eigenvalue weighted by Crippen LogP contribution is -2.47. The Morgan fingerprint density at radius 2 is 1.96 bits per heavy atom. The van der Waals surface area contributed by atoms with Crippen molar-refractivity contribution in [2.75, 3.05) is 44.2 Å². The number of nitrogens with zero attached hydrogens (tertiary/aromatic N) is 5. The number of rotatable bonds is 5. The Bertz CT molecular complexity index is 736. The molecule has 2 aliphatic rings. The van der Waals surface area contributed by atoms with Gasteiger partial charge in [-0.15, -0.1) is 11.3 Å². The second-order valence-electron chi connectivity index (χ2n) is 7.46. The third-order valence-corrected chi connectivity index (χ3v) is 6.54. The minimum absolute atomic E-state index is 0.933. The van der Waals surface area contributed by atoms with Gasteiger partial charge < -0.3 is 4.90 Å². The molecule has 4 heterocycles. The Balaban J connectivity index is 1.39. The van der Waals surface area contributed by atoms with Crippen LogP contribution in [0.2, 0.25) is 0 Å². The first-order valence-electron chi connectivity index (χ1n) is 9.80. The quantitative estimate of drug-likeness (QED) is 0.807. The van der Waals surface area contributed by atoms with Crippen molar-refractivity contribution in [2.45, 2.75) is 39.8 Å². The van der Waals surface area contributed by atoms with Crippen molar-refractivity contribution in [3.05, 3.63) is 39.3 Å². The van der Waals surface area contributed by atoms with E-state index in [1.54, 1.807) is 0 Å². The van der Waals surface area contributed by atoms with Gasteiger partial charge in [-0.2, -0.15) is 0 Å². The Morgan fingerprint density at radius 1 is 1.12 bits per heavy atom. The van der Waals surface area contributed by atoms with Crippen molar-refractivity contribution in [1.82, 2.24) is 19.8 Å². The van der Waals surface area contributed by atoms with Gasteiger partial charge in [-0.1, -0.05) is 6.92 Å². The summed E-state index contributed by atoms with van der Waals surface area (Å²) < 4.78 is 0. The molecule has 5 nitrogen and oxygen atoms in total. The summed E-state index contributed by atoms with van der Waals surface area (Å²) in [5.41, 5.74) is 3.97. The van der Waals surface area contributed by atoms with Gasteiger partial charge in [0.05, 0.1) is 5.69 Å². The zero-order valence-corrected chi connectivity index (χ0v) is 16.8. The standard InChI is InChI=1S/C20H29N5S/c1-3-6-23-8-10-25(11-9-23)20-21-13-17-14-24(7-4-18(17)22-20)15-19-16(2)5-12-26-19/h5,12-13H,3-4,6-11,14-15H2,1-2H3. The number of aromatic nitrogens is 2. The Kier molecular flexibility index (Phi) is 5.52. The molecule has 0 saturated carbocycles. The maximum Gasteiger partial charge on any atom is 0.225 e. The number of thiophene rings is 1. The van der Waals surface area contributed by atoms with Crippen LogP contribution < -0.4 is 4.90 Å². The number of piperazine rings is 1. The molecule has 1 saturated heterocycles. The highest BCUT2D eigenvalue weighted by molar-refractivity contribution is 7.10. The highest BCUT2D eigenvalue weighted by atomic mass is 32.1. The number of hydrogen-bond acceptors (Lipinski definition) is 6. The smallest absolute Gasteiger partial charge is 0.225 e. The van der Waals surface area contributed by atoms with E-state index in [1.165, 1.54) is 34.7 Å². The average Bonchev–Trinajstić information content (AvgIpc) is 3.07. The second kappa shape index (κ2) is 8.03. The van der Waals surface area contributed by atoms with Crippen LogP contribution in [0.5, 0.6) is 0 Å². The maximum absolute atomic E-state index is 4.93. The summed E-state index contributed by atoms with van der Waals surface area (Å²) in [6.45, 7) is 13.1. The molecule has 0 radical (unpaired) electrons. The van der Waals surface area contributed by atoms with Crippen LogP contribution in [0.1, 0.15) is 35.0 Å². The summed E-state index contributed by atoms with van der Waals surface area (Å²) in [5.74, 6) is 0.933. The number of aryl methyl sites for hydroxylation is 1. The van der Waals surface area contributed by atoms with Gasteiger partial charge in [-0.3, -0.25) is 9.80 Å². The molecule has 0 atom stereocenters. The van der Waals surface area contributed by atoms with E-state index in [9.17, 15) is 0 Å². The molecule has 6 heteroatoms. The van der Waals surface area contributed by atoms with Crippen LogP contribution >= 0.6 is 11.3 Å². The normalized spacial score (nSPS) is 18.9. The molecule has 26 heavy (non-hydrogen) atoms. The predicted molar refractivity (Wildman–Crippen MR) is 108 cm³/mol. The van der Waals surface area contributed by atoms with Gasteiger partial charge in [0.1, 0.15) is 0 Å². The molecule has 2 aliphatic heterocycles. The molecule has 0 aliphatic carbocycles. The monoisotopic (exact) mass is 371 g/mol. The molecular weight excluding hydrogens is 342 g/mol. The van der Waals surface area contributed by atoms with Crippen LogP contribution in [-0.4, -0.2) is 59.0 Å². The fraction of sp³-hybridized carbons (Fsp3) is 0.600. The lowest BCUT2D eigenvalue weighted by Gasteiger charge is -2.35. The lowest BCUT2D eigenvalue weighted by molar-refractivity contribution is 0.243. The van der Waals surface area contributed by atoms with E-state index in [0.29, 0.717) is 0 Å². The van der Waals surface area contributed by atoms with Crippen LogP contribution in [0.25, 0.3) is 0 Å². The van der Waals surface area contributed by atoms with Crippen LogP contribution in [0.4, 0.5) is 5.95 Å². The van der Waals surface area contributed by atoms with E-state index in [4.69, 9.17) is 9.97 Å². The minimum Gasteiger partial charge on any atom is -0.338 e. The first-order valence-corrected chi connectivity index (χ1v) is 10.7. The lowest BCUT2D eigenvalue weighted by atomic mass is 10.1. The summed E-state index contributed by atoms with van der Waals surface area (Å²) >= 11 is 1.87. The number of fused-ring (bicyclic) bond motifs is 1. The third kappa shape index (κ3) is 3.92. The van der Waals surface area contributed by atoms with Crippen molar-refractivity contribution in [2.24, 2.45) is 0 Å². The van der Waals surface area contributed by atoms with Gasteiger partial charge >= 0.3 is 0 Å². The highest BCUT2D eigenvalue weighted by Crippen LogP contribution is 2.24. The molecule has 0 N–H and O–H groups in total. The van der Waals surface area contributed by atoms with Crippen molar-refractivity contribution >= 4 is 17.3 Å². The topological polar surface area (TPSA) is 35.5 Å².